The third-order valence-corrected chi connectivity index (χ3v) is 4.88. The van der Waals surface area contributed by atoms with Gasteiger partial charge in [-0.2, -0.15) is 0 Å². The fourth-order valence-corrected chi connectivity index (χ4v) is 3.31. The molecule has 1 heterocycles. The largest absolute Gasteiger partial charge is 0.478 e. The standard InChI is InChI=1S/C23H29ClN4O2/c1-5-9-17(6-2)26-15(3)12-16(4)27-22-13-21(19(24)14-25-22)28-20-11-8-7-10-18(20)23(29)30/h7-8,10-11,13-14,17H,5-6,9,12H2,1-4H3,(H,25,28)(H,29,30). The number of para-hydroxylation sites is 1. The van der Waals surface area contributed by atoms with Gasteiger partial charge in [-0.3, -0.25) is 4.99 Å². The van der Waals surface area contributed by atoms with E-state index in [2.05, 4.69) is 29.1 Å². The van der Waals surface area contributed by atoms with Crippen LogP contribution in [0.1, 0.15) is 63.7 Å². The Morgan fingerprint density at radius 1 is 1.20 bits per heavy atom. The normalized spacial score (nSPS) is 13.2. The Morgan fingerprint density at radius 2 is 1.93 bits per heavy atom. The molecule has 1 unspecified atom stereocenters. The summed E-state index contributed by atoms with van der Waals surface area (Å²) in [5.41, 5.74) is 3.12. The van der Waals surface area contributed by atoms with Crippen molar-refractivity contribution in [2.75, 3.05) is 5.32 Å². The molecule has 0 fully saturated rings. The molecule has 0 saturated carbocycles. The predicted octanol–water partition coefficient (Wildman–Crippen LogP) is 6.70. The monoisotopic (exact) mass is 428 g/mol. The van der Waals surface area contributed by atoms with Crippen molar-refractivity contribution in [2.45, 2.75) is 59.4 Å². The number of aromatic nitrogens is 1. The second-order valence-corrected chi connectivity index (χ2v) is 7.64. The van der Waals surface area contributed by atoms with Crippen LogP contribution in [0.2, 0.25) is 5.02 Å². The first-order valence-electron chi connectivity index (χ1n) is 10.2. The summed E-state index contributed by atoms with van der Waals surface area (Å²) in [6.07, 6.45) is 5.43. The van der Waals surface area contributed by atoms with Crippen molar-refractivity contribution in [1.29, 1.82) is 0 Å². The highest BCUT2D eigenvalue weighted by Crippen LogP contribution is 2.29. The first kappa shape index (κ1) is 23.5. The van der Waals surface area contributed by atoms with Gasteiger partial charge in [0.05, 0.1) is 28.2 Å². The van der Waals surface area contributed by atoms with Crippen molar-refractivity contribution in [2.24, 2.45) is 9.98 Å². The topological polar surface area (TPSA) is 86.9 Å². The number of aliphatic imine (C=N–C) groups is 2. The molecular formula is C23H29ClN4O2. The number of halogens is 1. The van der Waals surface area contributed by atoms with Gasteiger partial charge in [0.15, 0.2) is 5.82 Å². The highest BCUT2D eigenvalue weighted by Gasteiger charge is 2.11. The zero-order valence-corrected chi connectivity index (χ0v) is 18.7. The van der Waals surface area contributed by atoms with Crippen molar-refractivity contribution in [3.8, 4) is 0 Å². The smallest absolute Gasteiger partial charge is 0.337 e. The molecule has 30 heavy (non-hydrogen) atoms. The second kappa shape index (κ2) is 11.5. The number of rotatable bonds is 10. The summed E-state index contributed by atoms with van der Waals surface area (Å²) in [7, 11) is 0. The number of benzene rings is 1. The van der Waals surface area contributed by atoms with Crippen LogP contribution in [0.25, 0.3) is 0 Å². The lowest BCUT2D eigenvalue weighted by atomic mass is 10.1. The number of nitrogens with one attached hydrogen (secondary N) is 1. The number of aromatic carboxylic acids is 1. The third-order valence-electron chi connectivity index (χ3n) is 4.58. The summed E-state index contributed by atoms with van der Waals surface area (Å²) < 4.78 is 0. The van der Waals surface area contributed by atoms with Gasteiger partial charge in [0.25, 0.3) is 0 Å². The van der Waals surface area contributed by atoms with E-state index in [9.17, 15) is 9.90 Å². The molecule has 1 atom stereocenters. The molecule has 0 aliphatic rings. The van der Waals surface area contributed by atoms with Crippen molar-refractivity contribution >= 4 is 46.2 Å². The van der Waals surface area contributed by atoms with Crippen LogP contribution < -0.4 is 5.32 Å². The Morgan fingerprint density at radius 3 is 2.60 bits per heavy atom. The first-order chi connectivity index (χ1) is 14.3. The lowest BCUT2D eigenvalue weighted by molar-refractivity contribution is 0.0698. The van der Waals surface area contributed by atoms with E-state index in [-0.39, 0.29) is 5.56 Å². The van der Waals surface area contributed by atoms with E-state index in [0.717, 1.165) is 30.7 Å². The molecule has 2 rings (SSSR count). The van der Waals surface area contributed by atoms with E-state index in [1.165, 1.54) is 12.3 Å². The van der Waals surface area contributed by atoms with Gasteiger partial charge in [-0.15, -0.1) is 0 Å². The Labute approximate surface area is 183 Å². The molecule has 1 aromatic carbocycles. The summed E-state index contributed by atoms with van der Waals surface area (Å²) in [6.45, 7) is 8.31. The van der Waals surface area contributed by atoms with Crippen LogP contribution in [0.3, 0.4) is 0 Å². The molecule has 0 spiro atoms. The summed E-state index contributed by atoms with van der Waals surface area (Å²) in [4.78, 5) is 25.1. The molecule has 0 radical (unpaired) electrons. The highest BCUT2D eigenvalue weighted by molar-refractivity contribution is 6.33. The Bertz CT molecular complexity index is 941. The average molecular weight is 429 g/mol. The molecule has 0 bridgehead atoms. The zero-order valence-electron chi connectivity index (χ0n) is 17.9. The lowest BCUT2D eigenvalue weighted by Gasteiger charge is -2.12. The van der Waals surface area contributed by atoms with Crippen LogP contribution in [0.4, 0.5) is 17.2 Å². The Hall–Kier alpha value is -2.73. The number of nitrogens with zero attached hydrogens (tertiary/aromatic N) is 3. The molecule has 0 saturated heterocycles. The SMILES string of the molecule is CCCC(CC)N=C(C)CC(C)=Nc1cc(Nc2ccccc2C(=O)O)c(Cl)cn1. The van der Waals surface area contributed by atoms with E-state index >= 15 is 0 Å². The van der Waals surface area contributed by atoms with E-state index < -0.39 is 5.97 Å². The summed E-state index contributed by atoms with van der Waals surface area (Å²) in [5.74, 6) is -0.513. The van der Waals surface area contributed by atoms with Crippen LogP contribution in [-0.4, -0.2) is 33.5 Å². The number of pyridine rings is 1. The molecule has 7 heteroatoms. The van der Waals surface area contributed by atoms with E-state index in [1.54, 1.807) is 24.3 Å². The molecule has 1 aromatic heterocycles. The maximum atomic E-state index is 11.4. The minimum absolute atomic E-state index is 0.163. The van der Waals surface area contributed by atoms with Gasteiger partial charge in [-0.1, -0.05) is 44.0 Å². The van der Waals surface area contributed by atoms with Gasteiger partial charge in [0, 0.05) is 30.0 Å². The minimum Gasteiger partial charge on any atom is -0.478 e. The Balaban J connectivity index is 2.20. The molecule has 160 valence electrons. The van der Waals surface area contributed by atoms with Crippen LogP contribution in [0.5, 0.6) is 0 Å². The van der Waals surface area contributed by atoms with Gasteiger partial charge in [-0.05, 0) is 38.8 Å². The fourth-order valence-electron chi connectivity index (χ4n) is 3.16. The van der Waals surface area contributed by atoms with E-state index in [4.69, 9.17) is 16.6 Å². The summed E-state index contributed by atoms with van der Waals surface area (Å²) >= 11 is 6.26. The van der Waals surface area contributed by atoms with Crippen LogP contribution in [0, 0.1) is 0 Å². The number of hydrogen-bond acceptors (Lipinski definition) is 5. The average Bonchev–Trinajstić information content (AvgIpc) is 2.70. The maximum absolute atomic E-state index is 11.4. The molecule has 6 nitrogen and oxygen atoms in total. The van der Waals surface area contributed by atoms with Crippen molar-refractivity contribution in [3.63, 3.8) is 0 Å². The summed E-state index contributed by atoms with van der Waals surface area (Å²) in [6, 6.07) is 8.73. The number of hydrogen-bond donors (Lipinski definition) is 2. The first-order valence-corrected chi connectivity index (χ1v) is 10.5. The molecule has 0 aliphatic carbocycles. The van der Waals surface area contributed by atoms with Gasteiger partial charge >= 0.3 is 5.97 Å². The fraction of sp³-hybridized carbons (Fsp3) is 0.391. The zero-order chi connectivity index (χ0) is 22.1. The van der Waals surface area contributed by atoms with Gasteiger partial charge in [0.1, 0.15) is 0 Å². The number of carboxylic acids is 1. The van der Waals surface area contributed by atoms with Gasteiger partial charge in [0.2, 0.25) is 0 Å². The quantitative estimate of drug-likeness (QED) is 0.412. The predicted molar refractivity (Wildman–Crippen MR) is 125 cm³/mol. The van der Waals surface area contributed by atoms with Crippen LogP contribution in [0.15, 0.2) is 46.5 Å². The van der Waals surface area contributed by atoms with Gasteiger partial charge in [-0.25, -0.2) is 14.8 Å². The van der Waals surface area contributed by atoms with E-state index in [0.29, 0.717) is 34.7 Å². The molecule has 0 aliphatic heterocycles. The molecule has 2 N–H and O–H groups in total. The van der Waals surface area contributed by atoms with E-state index in [1.807, 2.05) is 13.8 Å². The maximum Gasteiger partial charge on any atom is 0.337 e. The van der Waals surface area contributed by atoms with Gasteiger partial charge < -0.3 is 10.4 Å². The highest BCUT2D eigenvalue weighted by atomic mass is 35.5. The molecule has 0 amide bonds. The van der Waals surface area contributed by atoms with Crippen molar-refractivity contribution < 1.29 is 9.90 Å². The Kier molecular flexibility index (Phi) is 8.99. The second-order valence-electron chi connectivity index (χ2n) is 7.24. The van der Waals surface area contributed by atoms with Crippen LogP contribution in [-0.2, 0) is 0 Å². The van der Waals surface area contributed by atoms with Crippen molar-refractivity contribution in [1.82, 2.24) is 4.98 Å². The number of carboxylic acid groups (broad SMARTS) is 1. The third kappa shape index (κ3) is 6.95. The van der Waals surface area contributed by atoms with Crippen molar-refractivity contribution in [3.05, 3.63) is 47.1 Å². The van der Waals surface area contributed by atoms with Crippen LogP contribution >= 0.6 is 11.6 Å². The minimum atomic E-state index is -1.01. The number of anilines is 2. The molecule has 2 aromatic rings. The summed E-state index contributed by atoms with van der Waals surface area (Å²) in [5, 5.41) is 12.8. The number of carbonyl (C=O) groups is 1. The molecular weight excluding hydrogens is 400 g/mol. The lowest BCUT2D eigenvalue weighted by Crippen LogP contribution is -2.08.